The van der Waals surface area contributed by atoms with Crippen LogP contribution in [-0.4, -0.2) is 16.0 Å². The van der Waals surface area contributed by atoms with E-state index in [-0.39, 0.29) is 5.69 Å². The van der Waals surface area contributed by atoms with E-state index in [2.05, 4.69) is 27.5 Å². The summed E-state index contributed by atoms with van der Waals surface area (Å²) in [5.41, 5.74) is 8.24. The molecule has 0 saturated carbocycles. The highest BCUT2D eigenvalue weighted by atomic mass is 32.1. The number of benzene rings is 2. The Labute approximate surface area is 174 Å². The Hall–Kier alpha value is -3.59. The van der Waals surface area contributed by atoms with E-state index in [0.29, 0.717) is 11.5 Å². The standard InChI is InChI=1S/C21H17F2N5OS/c1-2-16-17(18-19(24)25-10-26-20(18)30-16)11-3-6-13(7-4-11)27-21(29)28-15-9-12(22)5-8-14(15)23/h3-10H,2H2,1H3,(H2,24,25,26)(H2,27,28,29). The van der Waals surface area contributed by atoms with Crippen molar-refractivity contribution in [2.45, 2.75) is 13.3 Å². The van der Waals surface area contributed by atoms with Gasteiger partial charge in [0, 0.05) is 22.2 Å². The average Bonchev–Trinajstić information content (AvgIpc) is 3.11. The summed E-state index contributed by atoms with van der Waals surface area (Å²) in [5.74, 6) is -0.947. The summed E-state index contributed by atoms with van der Waals surface area (Å²) in [5, 5.41) is 5.71. The van der Waals surface area contributed by atoms with Crippen LogP contribution in [0.5, 0.6) is 0 Å². The molecule has 2 heterocycles. The summed E-state index contributed by atoms with van der Waals surface area (Å²) in [7, 11) is 0. The van der Waals surface area contributed by atoms with Crippen LogP contribution in [0.15, 0.2) is 48.8 Å². The van der Waals surface area contributed by atoms with Gasteiger partial charge in [0.2, 0.25) is 0 Å². The maximum absolute atomic E-state index is 13.7. The number of hydrogen-bond acceptors (Lipinski definition) is 5. The van der Waals surface area contributed by atoms with Gasteiger partial charge in [-0.3, -0.25) is 0 Å². The summed E-state index contributed by atoms with van der Waals surface area (Å²) in [4.78, 5) is 22.5. The number of urea groups is 1. The molecule has 0 aliphatic carbocycles. The number of amides is 2. The molecular formula is C21H17F2N5OS. The van der Waals surface area contributed by atoms with Gasteiger partial charge in [0.15, 0.2) is 0 Å². The van der Waals surface area contributed by atoms with Crippen molar-refractivity contribution in [3.05, 3.63) is 65.3 Å². The Morgan fingerprint density at radius 1 is 1.10 bits per heavy atom. The Morgan fingerprint density at radius 2 is 1.87 bits per heavy atom. The smallest absolute Gasteiger partial charge is 0.323 e. The lowest BCUT2D eigenvalue weighted by Crippen LogP contribution is -2.20. The SMILES string of the molecule is CCc1sc2ncnc(N)c2c1-c1ccc(NC(=O)Nc2cc(F)ccc2F)cc1. The van der Waals surface area contributed by atoms with Crippen LogP contribution >= 0.6 is 11.3 Å². The zero-order valence-electron chi connectivity index (χ0n) is 15.9. The molecule has 4 N–H and O–H groups in total. The minimum absolute atomic E-state index is 0.239. The first-order valence-corrected chi connectivity index (χ1v) is 9.93. The second-order valence-electron chi connectivity index (χ2n) is 6.47. The van der Waals surface area contributed by atoms with Gasteiger partial charge in [-0.05, 0) is 36.2 Å². The molecule has 4 aromatic rings. The van der Waals surface area contributed by atoms with Crippen LogP contribution < -0.4 is 16.4 Å². The van der Waals surface area contributed by atoms with Gasteiger partial charge in [-0.1, -0.05) is 19.1 Å². The van der Waals surface area contributed by atoms with Crippen molar-refractivity contribution in [2.75, 3.05) is 16.4 Å². The topological polar surface area (TPSA) is 92.9 Å². The number of anilines is 3. The van der Waals surface area contributed by atoms with E-state index in [1.807, 2.05) is 12.1 Å². The molecule has 0 saturated heterocycles. The number of thiophene rings is 1. The van der Waals surface area contributed by atoms with Crippen molar-refractivity contribution in [3.63, 3.8) is 0 Å². The number of carbonyl (C=O) groups is 1. The first-order valence-electron chi connectivity index (χ1n) is 9.11. The first-order chi connectivity index (χ1) is 14.5. The minimum Gasteiger partial charge on any atom is -0.383 e. The summed E-state index contributed by atoms with van der Waals surface area (Å²) < 4.78 is 26.9. The fourth-order valence-electron chi connectivity index (χ4n) is 3.15. The highest BCUT2D eigenvalue weighted by Crippen LogP contribution is 2.40. The number of aromatic nitrogens is 2. The predicted molar refractivity (Wildman–Crippen MR) is 116 cm³/mol. The summed E-state index contributed by atoms with van der Waals surface area (Å²) in [6.45, 7) is 2.06. The molecule has 152 valence electrons. The van der Waals surface area contributed by atoms with Gasteiger partial charge < -0.3 is 16.4 Å². The van der Waals surface area contributed by atoms with E-state index < -0.39 is 17.7 Å². The summed E-state index contributed by atoms with van der Waals surface area (Å²) >= 11 is 1.57. The molecule has 30 heavy (non-hydrogen) atoms. The second kappa shape index (κ2) is 8.03. The van der Waals surface area contributed by atoms with Crippen molar-refractivity contribution in [2.24, 2.45) is 0 Å². The van der Waals surface area contributed by atoms with E-state index in [1.165, 1.54) is 6.33 Å². The third kappa shape index (κ3) is 3.79. The van der Waals surface area contributed by atoms with Crippen molar-refractivity contribution < 1.29 is 13.6 Å². The summed E-state index contributed by atoms with van der Waals surface area (Å²) in [6.07, 6.45) is 2.27. The van der Waals surface area contributed by atoms with Crippen LogP contribution in [0.2, 0.25) is 0 Å². The van der Waals surface area contributed by atoms with Gasteiger partial charge in [-0.25, -0.2) is 23.5 Å². The Kier molecular flexibility index (Phi) is 5.28. The monoisotopic (exact) mass is 425 g/mol. The fraction of sp³-hybridized carbons (Fsp3) is 0.0952. The lowest BCUT2D eigenvalue weighted by Gasteiger charge is -2.10. The van der Waals surface area contributed by atoms with Gasteiger partial charge in [-0.2, -0.15) is 0 Å². The lowest BCUT2D eigenvalue weighted by atomic mass is 10.0. The lowest BCUT2D eigenvalue weighted by molar-refractivity contribution is 0.262. The highest BCUT2D eigenvalue weighted by molar-refractivity contribution is 7.19. The third-order valence-electron chi connectivity index (χ3n) is 4.52. The molecule has 0 spiro atoms. The van der Waals surface area contributed by atoms with Gasteiger partial charge >= 0.3 is 6.03 Å². The van der Waals surface area contributed by atoms with E-state index >= 15 is 0 Å². The molecule has 2 aromatic carbocycles. The van der Waals surface area contributed by atoms with Crippen molar-refractivity contribution in [1.82, 2.24) is 9.97 Å². The molecule has 4 rings (SSSR count). The van der Waals surface area contributed by atoms with E-state index in [1.54, 1.807) is 23.5 Å². The molecule has 0 radical (unpaired) electrons. The maximum Gasteiger partial charge on any atom is 0.323 e. The zero-order valence-corrected chi connectivity index (χ0v) is 16.7. The van der Waals surface area contributed by atoms with E-state index in [4.69, 9.17) is 5.73 Å². The Bertz CT molecular complexity index is 1240. The number of carbonyl (C=O) groups excluding carboxylic acids is 1. The number of hydrogen-bond donors (Lipinski definition) is 3. The van der Waals surface area contributed by atoms with Crippen LogP contribution in [0.4, 0.5) is 30.8 Å². The number of halogens is 2. The number of nitrogens with one attached hydrogen (secondary N) is 2. The quantitative estimate of drug-likeness (QED) is 0.407. The molecule has 0 aliphatic heterocycles. The number of aryl methyl sites for hydroxylation is 1. The number of fused-ring (bicyclic) bond motifs is 1. The van der Waals surface area contributed by atoms with E-state index in [9.17, 15) is 13.6 Å². The molecule has 0 aliphatic rings. The van der Waals surface area contributed by atoms with Gasteiger partial charge in [0.25, 0.3) is 0 Å². The van der Waals surface area contributed by atoms with Crippen LogP contribution in [0.1, 0.15) is 11.8 Å². The van der Waals surface area contributed by atoms with E-state index in [0.717, 1.165) is 50.8 Å². The third-order valence-corrected chi connectivity index (χ3v) is 5.76. The molecule has 0 bridgehead atoms. The zero-order chi connectivity index (χ0) is 21.3. The van der Waals surface area contributed by atoms with Crippen LogP contribution in [0.25, 0.3) is 21.3 Å². The predicted octanol–water partition coefficient (Wildman–Crippen LogP) is 5.43. The fourth-order valence-corrected chi connectivity index (χ4v) is 4.26. The number of nitrogen functional groups attached to an aromatic ring is 1. The molecule has 9 heteroatoms. The van der Waals surface area contributed by atoms with Crippen LogP contribution in [-0.2, 0) is 6.42 Å². The van der Waals surface area contributed by atoms with Crippen LogP contribution in [0, 0.1) is 11.6 Å². The normalized spacial score (nSPS) is 10.9. The largest absolute Gasteiger partial charge is 0.383 e. The summed E-state index contributed by atoms with van der Waals surface area (Å²) in [6, 6.07) is 9.31. The maximum atomic E-state index is 13.7. The van der Waals surface area contributed by atoms with Gasteiger partial charge in [0.05, 0.1) is 11.1 Å². The molecule has 0 atom stereocenters. The highest BCUT2D eigenvalue weighted by Gasteiger charge is 2.17. The Balaban J connectivity index is 1.57. The van der Waals surface area contributed by atoms with Crippen LogP contribution in [0.3, 0.4) is 0 Å². The first kappa shape index (κ1) is 19.7. The molecular weight excluding hydrogens is 408 g/mol. The van der Waals surface area contributed by atoms with Crippen molar-refractivity contribution >= 4 is 44.8 Å². The van der Waals surface area contributed by atoms with Crippen molar-refractivity contribution in [3.8, 4) is 11.1 Å². The minimum atomic E-state index is -0.724. The molecule has 6 nitrogen and oxygen atoms in total. The molecule has 2 amide bonds. The second-order valence-corrected chi connectivity index (χ2v) is 7.56. The Morgan fingerprint density at radius 3 is 2.60 bits per heavy atom. The molecule has 0 unspecified atom stereocenters. The van der Waals surface area contributed by atoms with Gasteiger partial charge in [-0.15, -0.1) is 11.3 Å². The number of rotatable bonds is 4. The number of nitrogens with two attached hydrogens (primary N) is 1. The number of nitrogens with zero attached hydrogens (tertiary/aromatic N) is 2. The molecule has 2 aromatic heterocycles. The average molecular weight is 425 g/mol. The van der Waals surface area contributed by atoms with Crippen molar-refractivity contribution in [1.29, 1.82) is 0 Å². The molecule has 0 fully saturated rings. The van der Waals surface area contributed by atoms with Gasteiger partial charge in [0.1, 0.15) is 28.6 Å².